The van der Waals surface area contributed by atoms with Crippen LogP contribution in [0.25, 0.3) is 12.4 Å². The van der Waals surface area contributed by atoms with Crippen molar-refractivity contribution in [3.05, 3.63) is 22.6 Å². The molecule has 1 saturated carbocycles. The van der Waals surface area contributed by atoms with E-state index in [1.165, 1.54) is 12.8 Å². The molecular formula is C15H18N4O2. The molecule has 0 unspecified atom stereocenters. The van der Waals surface area contributed by atoms with E-state index in [-0.39, 0.29) is 0 Å². The Morgan fingerprint density at radius 1 is 1.29 bits per heavy atom. The second-order valence-corrected chi connectivity index (χ2v) is 5.57. The summed E-state index contributed by atoms with van der Waals surface area (Å²) in [7, 11) is 1.68. The highest BCUT2D eigenvalue weighted by molar-refractivity contribution is 5.51. The van der Waals surface area contributed by atoms with E-state index in [4.69, 9.17) is 9.47 Å². The lowest BCUT2D eigenvalue weighted by molar-refractivity contribution is 0.169. The van der Waals surface area contributed by atoms with Gasteiger partial charge in [0.15, 0.2) is 6.73 Å². The number of rotatable bonds is 4. The molecule has 0 N–H and O–H groups in total. The van der Waals surface area contributed by atoms with E-state index in [0.717, 1.165) is 21.9 Å². The average Bonchev–Trinajstić information content (AvgIpc) is 3.35. The molecule has 1 aliphatic carbocycles. The molecule has 1 fully saturated rings. The molecule has 0 aromatic heterocycles. The number of benzene rings is 1. The van der Waals surface area contributed by atoms with E-state index in [1.807, 2.05) is 18.3 Å². The van der Waals surface area contributed by atoms with Crippen LogP contribution < -0.4 is 15.2 Å². The van der Waals surface area contributed by atoms with Gasteiger partial charge in [-0.05, 0) is 25.0 Å². The molecule has 21 heavy (non-hydrogen) atoms. The van der Waals surface area contributed by atoms with E-state index in [2.05, 4.69) is 21.4 Å². The summed E-state index contributed by atoms with van der Waals surface area (Å²) >= 11 is 0. The first kappa shape index (κ1) is 12.6. The third kappa shape index (κ3) is 2.47. The Kier molecular flexibility index (Phi) is 3.03. The van der Waals surface area contributed by atoms with Gasteiger partial charge in [-0.25, -0.2) is 0 Å². The molecule has 2 aliphatic heterocycles. The predicted molar refractivity (Wildman–Crippen MR) is 78.1 cm³/mol. The molecule has 2 heterocycles. The molecular weight excluding hydrogens is 268 g/mol. The van der Waals surface area contributed by atoms with Crippen molar-refractivity contribution in [1.82, 2.24) is 9.91 Å². The second kappa shape index (κ2) is 5.04. The van der Waals surface area contributed by atoms with Crippen LogP contribution in [0.4, 0.5) is 5.69 Å². The van der Waals surface area contributed by atoms with Crippen LogP contribution in [-0.4, -0.2) is 42.9 Å². The van der Waals surface area contributed by atoms with Gasteiger partial charge in [-0.3, -0.25) is 5.01 Å². The van der Waals surface area contributed by atoms with Gasteiger partial charge >= 0.3 is 0 Å². The second-order valence-electron chi connectivity index (χ2n) is 5.57. The fourth-order valence-electron chi connectivity index (χ4n) is 2.58. The zero-order valence-electron chi connectivity index (χ0n) is 12.0. The van der Waals surface area contributed by atoms with Crippen LogP contribution in [0.5, 0.6) is 5.75 Å². The largest absolute Gasteiger partial charge is 0.472 e. The summed E-state index contributed by atoms with van der Waals surface area (Å²) in [5, 5.41) is 12.4. The van der Waals surface area contributed by atoms with Crippen molar-refractivity contribution in [3.63, 3.8) is 0 Å². The van der Waals surface area contributed by atoms with Crippen molar-refractivity contribution in [2.75, 3.05) is 27.0 Å². The minimum Gasteiger partial charge on any atom is -0.472 e. The van der Waals surface area contributed by atoms with Crippen molar-refractivity contribution in [2.45, 2.75) is 18.9 Å². The van der Waals surface area contributed by atoms with Gasteiger partial charge in [0.05, 0.1) is 18.8 Å². The van der Waals surface area contributed by atoms with E-state index < -0.39 is 0 Å². The van der Waals surface area contributed by atoms with Gasteiger partial charge in [0.2, 0.25) is 0 Å². The van der Waals surface area contributed by atoms with E-state index >= 15 is 0 Å². The Morgan fingerprint density at radius 3 is 3.00 bits per heavy atom. The molecule has 6 nitrogen and oxygen atoms in total. The van der Waals surface area contributed by atoms with Crippen LogP contribution >= 0.6 is 0 Å². The van der Waals surface area contributed by atoms with Crippen LogP contribution in [0.1, 0.15) is 12.8 Å². The van der Waals surface area contributed by atoms with Gasteiger partial charge in [-0.1, -0.05) is 5.22 Å². The fraction of sp³-hybridized carbons (Fsp3) is 0.467. The first-order valence-electron chi connectivity index (χ1n) is 7.27. The normalized spacial score (nSPS) is 19.3. The monoisotopic (exact) mass is 286 g/mol. The zero-order chi connectivity index (χ0) is 14.2. The molecule has 0 radical (unpaired) electrons. The van der Waals surface area contributed by atoms with Crippen LogP contribution in [0.2, 0.25) is 0 Å². The summed E-state index contributed by atoms with van der Waals surface area (Å²) in [5.74, 6) is 0.922. The Morgan fingerprint density at radius 2 is 2.19 bits per heavy atom. The van der Waals surface area contributed by atoms with Crippen molar-refractivity contribution in [2.24, 2.45) is 10.3 Å². The van der Waals surface area contributed by atoms with Gasteiger partial charge in [-0.2, -0.15) is 0 Å². The van der Waals surface area contributed by atoms with Crippen LogP contribution in [0.15, 0.2) is 22.5 Å². The molecule has 110 valence electrons. The van der Waals surface area contributed by atoms with Crippen LogP contribution in [-0.2, 0) is 4.74 Å². The first-order valence-corrected chi connectivity index (χ1v) is 7.27. The lowest BCUT2D eigenvalue weighted by atomic mass is 10.2. The van der Waals surface area contributed by atoms with Crippen molar-refractivity contribution >= 4 is 18.1 Å². The quantitative estimate of drug-likeness (QED) is 0.826. The van der Waals surface area contributed by atoms with Crippen molar-refractivity contribution in [1.29, 1.82) is 0 Å². The molecule has 0 atom stereocenters. The molecule has 1 aromatic rings. The first-order chi connectivity index (χ1) is 10.3. The Bertz CT molecular complexity index is 696. The van der Waals surface area contributed by atoms with Crippen LogP contribution in [0.3, 0.4) is 0 Å². The molecule has 6 heteroatoms. The van der Waals surface area contributed by atoms with Crippen molar-refractivity contribution in [3.8, 4) is 5.75 Å². The smallest absolute Gasteiger partial charge is 0.161 e. The van der Waals surface area contributed by atoms with Crippen LogP contribution in [0, 0.1) is 0 Å². The maximum Gasteiger partial charge on any atom is 0.161 e. The number of methoxy groups -OCH3 is 1. The highest BCUT2D eigenvalue weighted by Crippen LogP contribution is 2.28. The van der Waals surface area contributed by atoms with Gasteiger partial charge in [0.1, 0.15) is 5.75 Å². The number of hydrogen-bond donors (Lipinski definition) is 0. The number of fused-ring (bicyclic) bond motifs is 2. The summed E-state index contributed by atoms with van der Waals surface area (Å²) in [6.07, 6.45) is 6.70. The maximum absolute atomic E-state index is 5.88. The summed E-state index contributed by atoms with van der Waals surface area (Å²) in [6, 6.07) is 4.75. The Balaban J connectivity index is 1.68. The molecule has 1 aromatic carbocycles. The number of ether oxygens (including phenoxy) is 2. The topological polar surface area (TPSA) is 49.7 Å². The predicted octanol–water partition coefficient (Wildman–Crippen LogP) is 0.938. The summed E-state index contributed by atoms with van der Waals surface area (Å²) in [5.41, 5.74) is 0.889. The van der Waals surface area contributed by atoms with Gasteiger partial charge in [-0.15, -0.1) is 5.11 Å². The Hall–Kier alpha value is -2.08. The molecule has 0 saturated heterocycles. The number of nitrogens with zero attached hydrogens (tertiary/aromatic N) is 4. The maximum atomic E-state index is 5.88. The lowest BCUT2D eigenvalue weighted by Crippen LogP contribution is -2.34. The lowest BCUT2D eigenvalue weighted by Gasteiger charge is -2.25. The average molecular weight is 286 g/mol. The third-order valence-electron chi connectivity index (χ3n) is 3.93. The van der Waals surface area contributed by atoms with E-state index in [1.54, 1.807) is 12.1 Å². The fourth-order valence-corrected chi connectivity index (χ4v) is 2.58. The van der Waals surface area contributed by atoms with Gasteiger partial charge in [0.25, 0.3) is 0 Å². The van der Waals surface area contributed by atoms with Gasteiger partial charge in [0, 0.05) is 36.0 Å². The highest BCUT2D eigenvalue weighted by atomic mass is 16.5. The van der Waals surface area contributed by atoms with E-state index in [0.29, 0.717) is 25.9 Å². The van der Waals surface area contributed by atoms with Gasteiger partial charge < -0.3 is 14.4 Å². The van der Waals surface area contributed by atoms with Crippen molar-refractivity contribution < 1.29 is 9.47 Å². The summed E-state index contributed by atoms with van der Waals surface area (Å²) in [4.78, 5) is 2.27. The standard InChI is InChI=1S/C15H18N4O2/c1-20-5-4-19-9-11-7-15-12(6-14(11)16-17-19)8-18(10-21-15)13-2-3-13/h6-9,13H,2-5,10H2,1H3. The summed E-state index contributed by atoms with van der Waals surface area (Å²) < 4.78 is 10.9. The SMILES string of the molecule is COCCN1C=c2cc3c(cc2N=N1)=CN(C1CC1)CO3. The molecule has 0 bridgehead atoms. The molecule has 0 amide bonds. The summed E-state index contributed by atoms with van der Waals surface area (Å²) in [6.45, 7) is 1.96. The zero-order valence-corrected chi connectivity index (χ0v) is 12.0. The van der Waals surface area contributed by atoms with E-state index in [9.17, 15) is 0 Å². The highest BCUT2D eigenvalue weighted by Gasteiger charge is 2.28. The molecule has 4 rings (SSSR count). The molecule has 0 spiro atoms. The number of hydrogen-bond acceptors (Lipinski definition) is 6. The molecule has 3 aliphatic rings. The minimum atomic E-state index is 0.621. The third-order valence-corrected chi connectivity index (χ3v) is 3.93. The Labute approximate surface area is 122 Å². The minimum absolute atomic E-state index is 0.621.